The predicted octanol–water partition coefficient (Wildman–Crippen LogP) is 3.23. The van der Waals surface area contributed by atoms with Gasteiger partial charge in [-0.2, -0.15) is 0 Å². The molecular formula is C19H29N7. The number of nitrogens with zero attached hydrogens (tertiary/aromatic N) is 3. The summed E-state index contributed by atoms with van der Waals surface area (Å²) >= 11 is 0. The van der Waals surface area contributed by atoms with Gasteiger partial charge in [0.25, 0.3) is 0 Å². The fraction of sp³-hybridized carbons (Fsp3) is 0.526. The molecule has 26 heavy (non-hydrogen) atoms. The molecule has 1 aliphatic heterocycles. The van der Waals surface area contributed by atoms with Crippen molar-refractivity contribution in [1.29, 1.82) is 0 Å². The SMILES string of the molecule is Cc1ccnc(Nc2ncnc(NC3CC(C)(C)NC(C)(C)C3)c2N)c1. The molecule has 0 aliphatic carbocycles. The second kappa shape index (κ2) is 6.72. The molecule has 0 atom stereocenters. The van der Waals surface area contributed by atoms with E-state index in [0.29, 0.717) is 23.1 Å². The molecule has 0 radical (unpaired) electrons. The summed E-state index contributed by atoms with van der Waals surface area (Å²) < 4.78 is 0. The van der Waals surface area contributed by atoms with Gasteiger partial charge in [-0.3, -0.25) is 0 Å². The van der Waals surface area contributed by atoms with Crippen LogP contribution in [0.4, 0.5) is 23.1 Å². The highest BCUT2D eigenvalue weighted by Gasteiger charge is 2.37. The molecule has 0 unspecified atom stereocenters. The molecule has 0 aromatic carbocycles. The first-order valence-electron chi connectivity index (χ1n) is 9.00. The minimum absolute atomic E-state index is 0.0494. The smallest absolute Gasteiger partial charge is 0.160 e. The van der Waals surface area contributed by atoms with E-state index >= 15 is 0 Å². The number of aromatic nitrogens is 3. The second-order valence-electron chi connectivity index (χ2n) is 8.47. The Balaban J connectivity index is 1.79. The van der Waals surface area contributed by atoms with Crippen molar-refractivity contribution in [3.8, 4) is 0 Å². The van der Waals surface area contributed by atoms with Crippen molar-refractivity contribution >= 4 is 23.1 Å². The molecule has 7 heteroatoms. The number of pyridine rings is 1. The highest BCUT2D eigenvalue weighted by Crippen LogP contribution is 2.32. The molecular weight excluding hydrogens is 326 g/mol. The molecule has 1 fully saturated rings. The van der Waals surface area contributed by atoms with E-state index in [1.54, 1.807) is 6.20 Å². The number of hydrogen-bond donors (Lipinski definition) is 4. The fourth-order valence-corrected chi connectivity index (χ4v) is 3.95. The molecule has 2 aromatic rings. The van der Waals surface area contributed by atoms with E-state index in [2.05, 4.69) is 58.6 Å². The third-order valence-electron chi connectivity index (χ3n) is 4.58. The van der Waals surface area contributed by atoms with E-state index in [4.69, 9.17) is 5.73 Å². The van der Waals surface area contributed by atoms with Gasteiger partial charge >= 0.3 is 0 Å². The van der Waals surface area contributed by atoms with Crippen LogP contribution in [0, 0.1) is 6.92 Å². The molecule has 1 aliphatic rings. The Labute approximate surface area is 155 Å². The van der Waals surface area contributed by atoms with Gasteiger partial charge in [0.15, 0.2) is 11.6 Å². The summed E-state index contributed by atoms with van der Waals surface area (Å²) in [6.07, 6.45) is 5.26. The largest absolute Gasteiger partial charge is 0.393 e. The van der Waals surface area contributed by atoms with Crippen molar-refractivity contribution in [3.63, 3.8) is 0 Å². The molecule has 0 bridgehead atoms. The van der Waals surface area contributed by atoms with Crippen LogP contribution < -0.4 is 21.7 Å². The first-order valence-corrected chi connectivity index (χ1v) is 9.00. The minimum Gasteiger partial charge on any atom is -0.393 e. The molecule has 2 aromatic heterocycles. The highest BCUT2D eigenvalue weighted by atomic mass is 15.1. The molecule has 3 heterocycles. The number of rotatable bonds is 4. The highest BCUT2D eigenvalue weighted by molar-refractivity contribution is 5.77. The molecule has 7 nitrogen and oxygen atoms in total. The lowest BCUT2D eigenvalue weighted by molar-refractivity contribution is 0.170. The van der Waals surface area contributed by atoms with E-state index in [9.17, 15) is 0 Å². The Morgan fingerprint density at radius 3 is 2.38 bits per heavy atom. The Hall–Kier alpha value is -2.41. The summed E-state index contributed by atoms with van der Waals surface area (Å²) in [5.41, 5.74) is 8.05. The Morgan fingerprint density at radius 2 is 1.73 bits per heavy atom. The van der Waals surface area contributed by atoms with Crippen molar-refractivity contribution in [2.45, 2.75) is 64.6 Å². The molecule has 140 valence electrons. The number of nitrogens with one attached hydrogen (secondary N) is 3. The maximum Gasteiger partial charge on any atom is 0.160 e. The monoisotopic (exact) mass is 355 g/mol. The fourth-order valence-electron chi connectivity index (χ4n) is 3.95. The van der Waals surface area contributed by atoms with Crippen LogP contribution in [0.5, 0.6) is 0 Å². The van der Waals surface area contributed by atoms with Crippen LogP contribution in [-0.2, 0) is 0 Å². The normalized spacial score (nSPS) is 19.1. The number of piperidine rings is 1. The summed E-state index contributed by atoms with van der Waals surface area (Å²) in [4.78, 5) is 12.9. The van der Waals surface area contributed by atoms with E-state index in [-0.39, 0.29) is 17.1 Å². The number of aryl methyl sites for hydroxylation is 1. The third kappa shape index (κ3) is 4.40. The Bertz CT molecular complexity index is 769. The van der Waals surface area contributed by atoms with E-state index < -0.39 is 0 Å². The number of nitrogens with two attached hydrogens (primary N) is 1. The quantitative estimate of drug-likeness (QED) is 0.668. The lowest BCUT2D eigenvalue weighted by atomic mass is 9.79. The van der Waals surface area contributed by atoms with Gasteiger partial charge in [-0.05, 0) is 65.2 Å². The van der Waals surface area contributed by atoms with Gasteiger partial charge in [-0.15, -0.1) is 0 Å². The summed E-state index contributed by atoms with van der Waals surface area (Å²) in [6, 6.07) is 4.18. The minimum atomic E-state index is 0.0494. The Morgan fingerprint density at radius 1 is 1.08 bits per heavy atom. The predicted molar refractivity (Wildman–Crippen MR) is 107 cm³/mol. The number of anilines is 4. The van der Waals surface area contributed by atoms with Crippen LogP contribution in [-0.4, -0.2) is 32.1 Å². The molecule has 0 spiro atoms. The first-order chi connectivity index (χ1) is 12.1. The molecule has 3 rings (SSSR count). The summed E-state index contributed by atoms with van der Waals surface area (Å²) in [7, 11) is 0. The van der Waals surface area contributed by atoms with Crippen molar-refractivity contribution < 1.29 is 0 Å². The molecule has 0 amide bonds. The van der Waals surface area contributed by atoms with Gasteiger partial charge in [0.05, 0.1) is 0 Å². The molecule has 5 N–H and O–H groups in total. The van der Waals surface area contributed by atoms with Crippen LogP contribution in [0.2, 0.25) is 0 Å². The van der Waals surface area contributed by atoms with Gasteiger partial charge in [0.1, 0.15) is 17.8 Å². The zero-order chi connectivity index (χ0) is 18.9. The molecule has 1 saturated heterocycles. The van der Waals surface area contributed by atoms with Crippen molar-refractivity contribution in [1.82, 2.24) is 20.3 Å². The standard InChI is InChI=1S/C19H29N7/c1-12-6-7-21-14(8-12)25-17-15(20)16(22-11-23-17)24-13-9-18(2,3)26-19(4,5)10-13/h6-8,11,13,26H,9-10,20H2,1-5H3,(H2,21,22,23,24,25). The van der Waals surface area contributed by atoms with Crippen LogP contribution in [0.15, 0.2) is 24.7 Å². The maximum atomic E-state index is 6.33. The van der Waals surface area contributed by atoms with Crippen molar-refractivity contribution in [3.05, 3.63) is 30.2 Å². The summed E-state index contributed by atoms with van der Waals surface area (Å²) in [5.74, 6) is 1.94. The lowest BCUT2D eigenvalue weighted by Gasteiger charge is -2.46. The summed E-state index contributed by atoms with van der Waals surface area (Å²) in [6.45, 7) is 10.9. The van der Waals surface area contributed by atoms with Gasteiger partial charge in [0, 0.05) is 23.3 Å². The van der Waals surface area contributed by atoms with E-state index in [1.807, 2.05) is 19.1 Å². The van der Waals surface area contributed by atoms with Crippen molar-refractivity contribution in [2.75, 3.05) is 16.4 Å². The van der Waals surface area contributed by atoms with Crippen molar-refractivity contribution in [2.24, 2.45) is 0 Å². The molecule has 0 saturated carbocycles. The first kappa shape index (κ1) is 18.4. The topological polar surface area (TPSA) is 101 Å². The average molecular weight is 355 g/mol. The van der Waals surface area contributed by atoms with Gasteiger partial charge < -0.3 is 21.7 Å². The van der Waals surface area contributed by atoms with Crippen LogP contribution >= 0.6 is 0 Å². The third-order valence-corrected chi connectivity index (χ3v) is 4.58. The van der Waals surface area contributed by atoms with E-state index in [0.717, 1.165) is 18.4 Å². The lowest BCUT2D eigenvalue weighted by Crippen LogP contribution is -2.60. The van der Waals surface area contributed by atoms with Crippen LogP contribution in [0.3, 0.4) is 0 Å². The maximum absolute atomic E-state index is 6.33. The van der Waals surface area contributed by atoms with Gasteiger partial charge in [-0.25, -0.2) is 15.0 Å². The van der Waals surface area contributed by atoms with Gasteiger partial charge in [0.2, 0.25) is 0 Å². The summed E-state index contributed by atoms with van der Waals surface area (Å²) in [5, 5.41) is 10.4. The number of nitrogen functional groups attached to an aromatic ring is 1. The van der Waals surface area contributed by atoms with Crippen LogP contribution in [0.25, 0.3) is 0 Å². The zero-order valence-electron chi connectivity index (χ0n) is 16.2. The van der Waals surface area contributed by atoms with Crippen LogP contribution in [0.1, 0.15) is 46.1 Å². The second-order valence-corrected chi connectivity index (χ2v) is 8.47. The van der Waals surface area contributed by atoms with Gasteiger partial charge in [-0.1, -0.05) is 0 Å². The average Bonchev–Trinajstić information content (AvgIpc) is 2.48. The van der Waals surface area contributed by atoms with E-state index in [1.165, 1.54) is 6.33 Å². The zero-order valence-corrected chi connectivity index (χ0v) is 16.2. The number of hydrogen-bond acceptors (Lipinski definition) is 7. The Kier molecular flexibility index (Phi) is 4.75.